The molecule has 1 fully saturated rings. The van der Waals surface area contributed by atoms with Crippen molar-refractivity contribution in [2.75, 3.05) is 13.7 Å². The van der Waals surface area contributed by atoms with Gasteiger partial charge in [-0.25, -0.2) is 5.01 Å². The van der Waals surface area contributed by atoms with E-state index in [0.29, 0.717) is 6.04 Å². The Morgan fingerprint density at radius 2 is 1.87 bits per heavy atom. The van der Waals surface area contributed by atoms with E-state index in [2.05, 4.69) is 13.8 Å². The Labute approximate surface area is 93.9 Å². The fourth-order valence-electron chi connectivity index (χ4n) is 2.10. The quantitative estimate of drug-likeness (QED) is 0.564. The van der Waals surface area contributed by atoms with E-state index in [9.17, 15) is 0 Å². The maximum Gasteiger partial charge on any atom is 0.0635 e. The summed E-state index contributed by atoms with van der Waals surface area (Å²) in [4.78, 5) is 0. The molecule has 0 spiro atoms. The average Bonchev–Trinajstić information content (AvgIpc) is 2.27. The van der Waals surface area contributed by atoms with Crippen molar-refractivity contribution in [1.29, 1.82) is 0 Å². The monoisotopic (exact) mass is 214 g/mol. The van der Waals surface area contributed by atoms with Crippen LogP contribution in [0.3, 0.4) is 0 Å². The standard InChI is InChI=1S/C12H26N2O/c1-12(2,15-3)9-10-14(13)11-7-5-4-6-8-11/h11H,4-10,13H2,1-3H3. The average molecular weight is 214 g/mol. The van der Waals surface area contributed by atoms with Crippen LogP contribution in [0.4, 0.5) is 0 Å². The molecule has 0 unspecified atom stereocenters. The van der Waals surface area contributed by atoms with Crippen LogP contribution >= 0.6 is 0 Å². The fourth-order valence-corrected chi connectivity index (χ4v) is 2.10. The number of methoxy groups -OCH3 is 1. The van der Waals surface area contributed by atoms with Crippen molar-refractivity contribution < 1.29 is 4.74 Å². The highest BCUT2D eigenvalue weighted by atomic mass is 16.5. The third-order valence-electron chi connectivity index (χ3n) is 3.57. The summed E-state index contributed by atoms with van der Waals surface area (Å²) in [6, 6.07) is 0.603. The predicted octanol–water partition coefficient (Wildman–Crippen LogP) is 2.31. The van der Waals surface area contributed by atoms with Gasteiger partial charge in [0.2, 0.25) is 0 Å². The van der Waals surface area contributed by atoms with E-state index in [0.717, 1.165) is 13.0 Å². The highest BCUT2D eigenvalue weighted by molar-refractivity contribution is 4.75. The maximum atomic E-state index is 6.09. The van der Waals surface area contributed by atoms with Crippen molar-refractivity contribution in [2.24, 2.45) is 5.84 Å². The van der Waals surface area contributed by atoms with Gasteiger partial charge in [0.25, 0.3) is 0 Å². The second kappa shape index (κ2) is 5.83. The summed E-state index contributed by atoms with van der Waals surface area (Å²) >= 11 is 0. The Balaban J connectivity index is 2.25. The Kier molecular flexibility index (Phi) is 5.03. The first-order valence-corrected chi connectivity index (χ1v) is 6.12. The Hall–Kier alpha value is -0.120. The smallest absolute Gasteiger partial charge is 0.0635 e. The van der Waals surface area contributed by atoms with Crippen LogP contribution in [-0.2, 0) is 4.74 Å². The van der Waals surface area contributed by atoms with E-state index in [1.165, 1.54) is 32.1 Å². The zero-order valence-electron chi connectivity index (χ0n) is 10.5. The molecule has 0 heterocycles. The summed E-state index contributed by atoms with van der Waals surface area (Å²) in [6.45, 7) is 5.16. The first-order chi connectivity index (χ1) is 7.05. The van der Waals surface area contributed by atoms with Crippen molar-refractivity contribution in [3.05, 3.63) is 0 Å². The van der Waals surface area contributed by atoms with Crippen molar-refractivity contribution in [3.63, 3.8) is 0 Å². The Bertz CT molecular complexity index is 176. The Morgan fingerprint density at radius 3 is 2.40 bits per heavy atom. The summed E-state index contributed by atoms with van der Waals surface area (Å²) in [6.07, 6.45) is 7.59. The lowest BCUT2D eigenvalue weighted by atomic mass is 9.94. The second-order valence-corrected chi connectivity index (χ2v) is 5.24. The molecule has 0 aliphatic heterocycles. The van der Waals surface area contributed by atoms with Crippen LogP contribution in [0.25, 0.3) is 0 Å². The van der Waals surface area contributed by atoms with Gasteiger partial charge in [0.1, 0.15) is 0 Å². The highest BCUT2D eigenvalue weighted by Gasteiger charge is 2.22. The highest BCUT2D eigenvalue weighted by Crippen LogP contribution is 2.22. The lowest BCUT2D eigenvalue weighted by Crippen LogP contribution is -2.44. The number of nitrogens with zero attached hydrogens (tertiary/aromatic N) is 1. The van der Waals surface area contributed by atoms with Gasteiger partial charge < -0.3 is 4.74 Å². The number of hydrogen-bond donors (Lipinski definition) is 1. The van der Waals surface area contributed by atoms with E-state index in [1.54, 1.807) is 7.11 Å². The summed E-state index contributed by atoms with van der Waals surface area (Å²) in [5.74, 6) is 6.09. The molecule has 0 saturated heterocycles. The van der Waals surface area contributed by atoms with Crippen LogP contribution in [0.5, 0.6) is 0 Å². The van der Waals surface area contributed by atoms with E-state index >= 15 is 0 Å². The van der Waals surface area contributed by atoms with Gasteiger partial charge in [0.05, 0.1) is 5.60 Å². The predicted molar refractivity (Wildman–Crippen MR) is 63.5 cm³/mol. The summed E-state index contributed by atoms with van der Waals surface area (Å²) in [5, 5.41) is 2.03. The molecule has 1 saturated carbocycles. The van der Waals surface area contributed by atoms with E-state index in [4.69, 9.17) is 10.6 Å². The van der Waals surface area contributed by atoms with Crippen LogP contribution < -0.4 is 5.84 Å². The number of rotatable bonds is 5. The second-order valence-electron chi connectivity index (χ2n) is 5.24. The molecule has 0 aromatic carbocycles. The van der Waals surface area contributed by atoms with Crippen molar-refractivity contribution in [3.8, 4) is 0 Å². The minimum atomic E-state index is -0.0493. The van der Waals surface area contributed by atoms with Gasteiger partial charge in [0.15, 0.2) is 0 Å². The van der Waals surface area contributed by atoms with Crippen LogP contribution in [0.2, 0.25) is 0 Å². The van der Waals surface area contributed by atoms with Crippen molar-refractivity contribution >= 4 is 0 Å². The van der Waals surface area contributed by atoms with Crippen LogP contribution in [0.1, 0.15) is 52.4 Å². The van der Waals surface area contributed by atoms with Gasteiger partial charge in [-0.1, -0.05) is 19.3 Å². The third-order valence-corrected chi connectivity index (χ3v) is 3.57. The molecule has 2 N–H and O–H groups in total. The molecule has 0 aromatic rings. The molecule has 3 nitrogen and oxygen atoms in total. The molecule has 3 heteroatoms. The van der Waals surface area contributed by atoms with Crippen molar-refractivity contribution in [1.82, 2.24) is 5.01 Å². The molecule has 0 amide bonds. The summed E-state index contributed by atoms with van der Waals surface area (Å²) in [5.41, 5.74) is -0.0493. The molecule has 0 aromatic heterocycles. The molecule has 90 valence electrons. The lowest BCUT2D eigenvalue weighted by Gasteiger charge is -2.33. The summed E-state index contributed by atoms with van der Waals surface area (Å²) in [7, 11) is 1.77. The minimum absolute atomic E-state index is 0.0493. The largest absolute Gasteiger partial charge is 0.379 e. The molecule has 0 bridgehead atoms. The van der Waals surface area contributed by atoms with Gasteiger partial charge in [0, 0.05) is 19.7 Å². The third kappa shape index (κ3) is 4.49. The normalized spacial score (nSPS) is 19.8. The molecule has 0 atom stereocenters. The number of hydrazine groups is 1. The van der Waals surface area contributed by atoms with Gasteiger partial charge in [-0.3, -0.25) is 5.84 Å². The van der Waals surface area contributed by atoms with Gasteiger partial charge in [-0.2, -0.15) is 0 Å². The molecule has 0 radical (unpaired) electrons. The number of ether oxygens (including phenoxy) is 1. The summed E-state index contributed by atoms with van der Waals surface area (Å²) < 4.78 is 5.39. The molecular formula is C12H26N2O. The molecule has 1 rings (SSSR count). The maximum absolute atomic E-state index is 6.09. The molecular weight excluding hydrogens is 188 g/mol. The van der Waals surface area contributed by atoms with Crippen LogP contribution in [0, 0.1) is 0 Å². The number of hydrogen-bond acceptors (Lipinski definition) is 3. The first-order valence-electron chi connectivity index (χ1n) is 6.12. The van der Waals surface area contributed by atoms with Crippen LogP contribution in [-0.4, -0.2) is 30.3 Å². The topological polar surface area (TPSA) is 38.5 Å². The van der Waals surface area contributed by atoms with E-state index < -0.39 is 0 Å². The molecule has 15 heavy (non-hydrogen) atoms. The van der Waals surface area contributed by atoms with Gasteiger partial charge >= 0.3 is 0 Å². The zero-order chi connectivity index (χ0) is 11.3. The van der Waals surface area contributed by atoms with Crippen LogP contribution in [0.15, 0.2) is 0 Å². The molecule has 1 aliphatic carbocycles. The first kappa shape index (κ1) is 12.9. The van der Waals surface area contributed by atoms with E-state index in [-0.39, 0.29) is 5.60 Å². The minimum Gasteiger partial charge on any atom is -0.379 e. The Morgan fingerprint density at radius 1 is 1.27 bits per heavy atom. The number of nitrogens with two attached hydrogens (primary N) is 1. The SMILES string of the molecule is COC(C)(C)CCN(N)C1CCCCC1. The van der Waals surface area contributed by atoms with Crippen molar-refractivity contribution in [2.45, 2.75) is 64.0 Å². The lowest BCUT2D eigenvalue weighted by molar-refractivity contribution is 0.00189. The zero-order valence-corrected chi connectivity index (χ0v) is 10.5. The van der Waals surface area contributed by atoms with Gasteiger partial charge in [-0.05, 0) is 33.1 Å². The van der Waals surface area contributed by atoms with Gasteiger partial charge in [-0.15, -0.1) is 0 Å². The van der Waals surface area contributed by atoms with E-state index in [1.807, 2.05) is 5.01 Å². The fraction of sp³-hybridized carbons (Fsp3) is 1.00. The molecule has 1 aliphatic rings.